The molecule has 0 spiro atoms. The number of halogens is 1. The molecule has 0 aliphatic carbocycles. The van der Waals surface area contributed by atoms with Crippen molar-refractivity contribution in [1.29, 1.82) is 0 Å². The first-order valence-electron chi connectivity index (χ1n) is 7.82. The fourth-order valence-electron chi connectivity index (χ4n) is 2.82. The van der Waals surface area contributed by atoms with Crippen molar-refractivity contribution < 1.29 is 9.59 Å². The number of aromatic nitrogens is 1. The van der Waals surface area contributed by atoms with Gasteiger partial charge in [0.15, 0.2) is 0 Å². The first-order valence-corrected chi connectivity index (χ1v) is 8.20. The number of carbonyl (C=O) groups is 2. The number of pyridine rings is 1. The third-order valence-corrected chi connectivity index (χ3v) is 4.45. The number of hydrogen-bond acceptors (Lipinski definition) is 3. The van der Waals surface area contributed by atoms with Gasteiger partial charge in [0.2, 0.25) is 11.8 Å². The van der Waals surface area contributed by atoms with E-state index in [0.717, 1.165) is 5.69 Å². The summed E-state index contributed by atoms with van der Waals surface area (Å²) in [6.07, 6.45) is 1.88. The van der Waals surface area contributed by atoms with Crippen molar-refractivity contribution in [3.63, 3.8) is 0 Å². The molecule has 1 N–H and O–H groups in total. The van der Waals surface area contributed by atoms with Gasteiger partial charge < -0.3 is 10.2 Å². The number of carbonyl (C=O) groups excluding carboxylic acids is 2. The van der Waals surface area contributed by atoms with Gasteiger partial charge in [-0.15, -0.1) is 0 Å². The van der Waals surface area contributed by atoms with Gasteiger partial charge in [0.1, 0.15) is 0 Å². The third kappa shape index (κ3) is 3.41. The zero-order valence-corrected chi connectivity index (χ0v) is 14.0. The third-order valence-electron chi connectivity index (χ3n) is 4.13. The van der Waals surface area contributed by atoms with Gasteiger partial charge >= 0.3 is 0 Å². The first kappa shape index (κ1) is 16.5. The number of anilines is 1. The zero-order chi connectivity index (χ0) is 17.1. The van der Waals surface area contributed by atoms with Crippen molar-refractivity contribution >= 4 is 29.1 Å². The highest BCUT2D eigenvalue weighted by molar-refractivity contribution is 6.33. The summed E-state index contributed by atoms with van der Waals surface area (Å²) in [5.74, 6) is -0.621. The maximum absolute atomic E-state index is 12.5. The molecule has 1 fully saturated rings. The van der Waals surface area contributed by atoms with Crippen LogP contribution in [0.15, 0.2) is 48.7 Å². The largest absolute Gasteiger partial charge is 0.348 e. The van der Waals surface area contributed by atoms with Gasteiger partial charge in [-0.05, 0) is 31.2 Å². The number of amides is 2. The molecular weight excluding hydrogens is 326 g/mol. The highest BCUT2D eigenvalue weighted by Crippen LogP contribution is 2.31. The van der Waals surface area contributed by atoms with Gasteiger partial charge in [0.05, 0.1) is 28.4 Å². The van der Waals surface area contributed by atoms with E-state index in [1.807, 2.05) is 37.3 Å². The molecule has 3 rings (SSSR count). The maximum atomic E-state index is 12.5. The highest BCUT2D eigenvalue weighted by atomic mass is 35.5. The zero-order valence-electron chi connectivity index (χ0n) is 13.3. The van der Waals surface area contributed by atoms with Crippen LogP contribution in [0.5, 0.6) is 0 Å². The van der Waals surface area contributed by atoms with Crippen LogP contribution in [0, 0.1) is 5.92 Å². The summed E-state index contributed by atoms with van der Waals surface area (Å²) in [6, 6.07) is 12.5. The first-order chi connectivity index (χ1) is 11.6. The van der Waals surface area contributed by atoms with Crippen molar-refractivity contribution in [2.24, 2.45) is 5.92 Å². The monoisotopic (exact) mass is 343 g/mol. The summed E-state index contributed by atoms with van der Waals surface area (Å²) in [7, 11) is 0. The van der Waals surface area contributed by atoms with Gasteiger partial charge in [-0.1, -0.05) is 29.8 Å². The van der Waals surface area contributed by atoms with Crippen molar-refractivity contribution in [1.82, 2.24) is 10.3 Å². The Morgan fingerprint density at radius 3 is 2.75 bits per heavy atom. The fraction of sp³-hybridized carbons (Fsp3) is 0.278. The second-order valence-electron chi connectivity index (χ2n) is 5.84. The van der Waals surface area contributed by atoms with Gasteiger partial charge in [0, 0.05) is 19.2 Å². The average Bonchev–Trinajstić information content (AvgIpc) is 2.98. The van der Waals surface area contributed by atoms with Gasteiger partial charge in [-0.2, -0.15) is 0 Å². The van der Waals surface area contributed by atoms with Crippen molar-refractivity contribution in [2.45, 2.75) is 19.4 Å². The van der Waals surface area contributed by atoms with E-state index in [2.05, 4.69) is 10.3 Å². The SMILES string of the molecule is CC(NC(=O)C1CC(=O)N(c2ccccc2Cl)C1)c1ccccn1. The van der Waals surface area contributed by atoms with Crippen molar-refractivity contribution in [3.8, 4) is 0 Å². The van der Waals surface area contributed by atoms with E-state index in [0.29, 0.717) is 17.3 Å². The lowest BCUT2D eigenvalue weighted by Crippen LogP contribution is -2.34. The average molecular weight is 344 g/mol. The minimum absolute atomic E-state index is 0.0891. The minimum Gasteiger partial charge on any atom is -0.348 e. The molecule has 2 amide bonds. The van der Waals surface area contributed by atoms with Crippen molar-refractivity contribution in [3.05, 3.63) is 59.4 Å². The standard InChI is InChI=1S/C18H18ClN3O2/c1-12(15-7-4-5-9-20-15)21-18(24)13-10-17(23)22(11-13)16-8-3-2-6-14(16)19/h2-9,12-13H,10-11H2,1H3,(H,21,24). The van der Waals surface area contributed by atoms with E-state index in [-0.39, 0.29) is 30.2 Å². The number of benzene rings is 1. The molecule has 1 aliphatic rings. The van der Waals surface area contributed by atoms with E-state index < -0.39 is 0 Å². The topological polar surface area (TPSA) is 62.3 Å². The summed E-state index contributed by atoms with van der Waals surface area (Å²) in [5.41, 5.74) is 1.44. The van der Waals surface area contributed by atoms with Gasteiger partial charge in [-0.3, -0.25) is 14.6 Å². The molecular formula is C18H18ClN3O2. The molecule has 6 heteroatoms. The second-order valence-corrected chi connectivity index (χ2v) is 6.25. The Hall–Kier alpha value is -2.40. The lowest BCUT2D eigenvalue weighted by atomic mass is 10.1. The quantitative estimate of drug-likeness (QED) is 0.928. The van der Waals surface area contributed by atoms with Crippen LogP contribution >= 0.6 is 11.6 Å². The molecule has 1 aromatic carbocycles. The van der Waals surface area contributed by atoms with E-state index in [9.17, 15) is 9.59 Å². The van der Waals surface area contributed by atoms with Crippen LogP contribution in [-0.4, -0.2) is 23.3 Å². The Bertz CT molecular complexity index is 751. The van der Waals surface area contributed by atoms with E-state index in [4.69, 9.17) is 11.6 Å². The Kier molecular flexibility index (Phi) is 4.81. The maximum Gasteiger partial charge on any atom is 0.227 e. The molecule has 1 aliphatic heterocycles. The summed E-state index contributed by atoms with van der Waals surface area (Å²) in [4.78, 5) is 30.6. The Balaban J connectivity index is 1.67. The van der Waals surface area contributed by atoms with Crippen LogP contribution in [0.1, 0.15) is 25.1 Å². The molecule has 0 saturated carbocycles. The molecule has 1 saturated heterocycles. The molecule has 1 aromatic heterocycles. The molecule has 0 radical (unpaired) electrons. The van der Waals surface area contributed by atoms with Crippen LogP contribution in [-0.2, 0) is 9.59 Å². The van der Waals surface area contributed by atoms with Crippen molar-refractivity contribution in [2.75, 3.05) is 11.4 Å². The summed E-state index contributed by atoms with van der Waals surface area (Å²) in [5, 5.41) is 3.44. The van der Waals surface area contributed by atoms with Crippen LogP contribution in [0.25, 0.3) is 0 Å². The van der Waals surface area contributed by atoms with E-state index in [1.54, 1.807) is 23.2 Å². The predicted octanol–water partition coefficient (Wildman–Crippen LogP) is 2.97. The summed E-state index contributed by atoms with van der Waals surface area (Å²) in [6.45, 7) is 2.21. The number of para-hydroxylation sites is 1. The van der Waals surface area contributed by atoms with Crippen LogP contribution < -0.4 is 10.2 Å². The van der Waals surface area contributed by atoms with E-state index >= 15 is 0 Å². The number of nitrogens with one attached hydrogen (secondary N) is 1. The van der Waals surface area contributed by atoms with Crippen LogP contribution in [0.4, 0.5) is 5.69 Å². The predicted molar refractivity (Wildman–Crippen MR) is 92.7 cm³/mol. The lowest BCUT2D eigenvalue weighted by molar-refractivity contribution is -0.126. The Morgan fingerprint density at radius 1 is 1.29 bits per heavy atom. The smallest absolute Gasteiger partial charge is 0.227 e. The number of nitrogens with zero attached hydrogens (tertiary/aromatic N) is 2. The normalized spacial score (nSPS) is 18.5. The number of hydrogen-bond donors (Lipinski definition) is 1. The van der Waals surface area contributed by atoms with Crippen LogP contribution in [0.2, 0.25) is 5.02 Å². The molecule has 2 heterocycles. The molecule has 2 atom stereocenters. The molecule has 5 nitrogen and oxygen atoms in total. The van der Waals surface area contributed by atoms with Crippen LogP contribution in [0.3, 0.4) is 0 Å². The summed E-state index contributed by atoms with van der Waals surface area (Å²) >= 11 is 6.16. The highest BCUT2D eigenvalue weighted by Gasteiger charge is 2.36. The lowest BCUT2D eigenvalue weighted by Gasteiger charge is -2.19. The molecule has 2 aromatic rings. The summed E-state index contributed by atoms with van der Waals surface area (Å²) < 4.78 is 0. The Morgan fingerprint density at radius 2 is 2.04 bits per heavy atom. The van der Waals surface area contributed by atoms with Gasteiger partial charge in [0.25, 0.3) is 0 Å². The molecule has 2 unspecified atom stereocenters. The minimum atomic E-state index is -0.389. The number of rotatable bonds is 4. The van der Waals surface area contributed by atoms with Gasteiger partial charge in [-0.25, -0.2) is 0 Å². The molecule has 0 bridgehead atoms. The second kappa shape index (κ2) is 7.01. The molecule has 124 valence electrons. The fourth-order valence-corrected chi connectivity index (χ4v) is 3.06. The molecule has 24 heavy (non-hydrogen) atoms. The Labute approximate surface area is 145 Å². The van der Waals surface area contributed by atoms with E-state index in [1.165, 1.54) is 0 Å².